The summed E-state index contributed by atoms with van der Waals surface area (Å²) < 4.78 is 36.6. The Kier molecular flexibility index (Phi) is 7.77. The summed E-state index contributed by atoms with van der Waals surface area (Å²) in [6.45, 7) is -1.80. The molecule has 0 aromatic rings. The number of amides is 1. The van der Waals surface area contributed by atoms with Crippen LogP contribution in [0.2, 0.25) is 0 Å². The van der Waals surface area contributed by atoms with Crippen LogP contribution >= 0.6 is 0 Å². The summed E-state index contributed by atoms with van der Waals surface area (Å²) >= 11 is 0. The highest BCUT2D eigenvalue weighted by molar-refractivity contribution is 5.93. The number of carbonyl (C=O) groups is 2. The first kappa shape index (κ1) is 16.4. The first-order valence-electron chi connectivity index (χ1n) is 5.02. The fourth-order valence-corrected chi connectivity index (χ4v) is 1.10. The molecule has 0 saturated heterocycles. The number of esters is 1. The number of alkyl halides is 2. The van der Waals surface area contributed by atoms with E-state index >= 15 is 0 Å². The van der Waals surface area contributed by atoms with Gasteiger partial charge in [-0.1, -0.05) is 6.92 Å². The highest BCUT2D eigenvalue weighted by Gasteiger charge is 2.25. The van der Waals surface area contributed by atoms with Gasteiger partial charge >= 0.3 is 18.7 Å². The first-order chi connectivity index (χ1) is 8.42. The van der Waals surface area contributed by atoms with Crippen LogP contribution in [-0.2, 0) is 19.0 Å². The van der Waals surface area contributed by atoms with Gasteiger partial charge in [0.2, 0.25) is 0 Å². The Morgan fingerprint density at radius 3 is 2.33 bits per heavy atom. The molecule has 0 fully saturated rings. The summed E-state index contributed by atoms with van der Waals surface area (Å²) in [5.74, 6) is -2.29. The second-order valence-electron chi connectivity index (χ2n) is 3.37. The van der Waals surface area contributed by atoms with E-state index in [-0.39, 0.29) is 6.61 Å². The van der Waals surface area contributed by atoms with Gasteiger partial charge in [-0.2, -0.15) is 13.8 Å². The molecular weight excluding hydrogens is 252 g/mol. The van der Waals surface area contributed by atoms with Gasteiger partial charge in [-0.25, -0.2) is 4.79 Å². The fourth-order valence-electron chi connectivity index (χ4n) is 1.10. The standard InChI is InChI=1S/C10H15F2NO5/c1-6(5-18-9(11)12)7(8(14)16-2)4-13-10(15)17-3/h4,6-7,9H,5H2,1-3H3/b13-4+/t6-,7?/m0/s1. The van der Waals surface area contributed by atoms with Crippen LogP contribution in [-0.4, -0.2) is 45.7 Å². The molecule has 0 N–H and O–H groups in total. The smallest absolute Gasteiger partial charge is 0.432 e. The molecule has 0 radical (unpaired) electrons. The van der Waals surface area contributed by atoms with Crippen molar-refractivity contribution < 1.29 is 32.6 Å². The lowest BCUT2D eigenvalue weighted by Crippen LogP contribution is -2.28. The number of nitrogens with zero attached hydrogens (tertiary/aromatic N) is 1. The van der Waals surface area contributed by atoms with Gasteiger partial charge < -0.3 is 14.2 Å². The minimum atomic E-state index is -2.93. The fraction of sp³-hybridized carbons (Fsp3) is 0.700. The Morgan fingerprint density at radius 2 is 1.89 bits per heavy atom. The zero-order chi connectivity index (χ0) is 14.1. The van der Waals surface area contributed by atoms with Gasteiger partial charge in [0.05, 0.1) is 26.7 Å². The Bertz CT molecular complexity index is 309. The highest BCUT2D eigenvalue weighted by atomic mass is 19.3. The zero-order valence-electron chi connectivity index (χ0n) is 10.3. The molecule has 0 aliphatic rings. The van der Waals surface area contributed by atoms with Crippen LogP contribution < -0.4 is 0 Å². The molecule has 6 nitrogen and oxygen atoms in total. The van der Waals surface area contributed by atoms with Crippen molar-refractivity contribution in [3.8, 4) is 0 Å². The minimum Gasteiger partial charge on any atom is -0.469 e. The van der Waals surface area contributed by atoms with Gasteiger partial charge in [0, 0.05) is 6.21 Å². The lowest BCUT2D eigenvalue weighted by atomic mass is 9.96. The summed E-state index contributed by atoms with van der Waals surface area (Å²) in [6, 6.07) is 0. The Morgan fingerprint density at radius 1 is 1.28 bits per heavy atom. The number of halogens is 2. The SMILES string of the molecule is COC(=O)/N=C/C(C(=O)OC)[C@@H](C)COC(F)F. The van der Waals surface area contributed by atoms with Crippen molar-refractivity contribution in [1.82, 2.24) is 0 Å². The molecule has 0 aliphatic carbocycles. The van der Waals surface area contributed by atoms with Crippen LogP contribution in [0.5, 0.6) is 0 Å². The molecule has 0 heterocycles. The third-order valence-electron chi connectivity index (χ3n) is 2.09. The lowest BCUT2D eigenvalue weighted by Gasteiger charge is -2.17. The van der Waals surface area contributed by atoms with E-state index in [4.69, 9.17) is 0 Å². The number of hydrogen-bond donors (Lipinski definition) is 0. The molecule has 0 spiro atoms. The lowest BCUT2D eigenvalue weighted by molar-refractivity contribution is -0.153. The molecule has 0 aromatic carbocycles. The maximum absolute atomic E-state index is 11.9. The van der Waals surface area contributed by atoms with Crippen molar-refractivity contribution >= 4 is 18.3 Å². The maximum atomic E-state index is 11.9. The molecule has 0 bridgehead atoms. The molecule has 1 unspecified atom stereocenters. The number of hydrogen-bond acceptors (Lipinski definition) is 5. The van der Waals surface area contributed by atoms with E-state index < -0.39 is 30.5 Å². The second kappa shape index (κ2) is 8.51. The third kappa shape index (κ3) is 6.24. The molecular formula is C10H15F2NO5. The van der Waals surface area contributed by atoms with E-state index in [0.29, 0.717) is 0 Å². The maximum Gasteiger partial charge on any atom is 0.432 e. The van der Waals surface area contributed by atoms with Crippen molar-refractivity contribution in [3.05, 3.63) is 0 Å². The summed E-state index contributed by atoms with van der Waals surface area (Å²) in [5, 5.41) is 0. The number of ether oxygens (including phenoxy) is 3. The number of aliphatic imine (C=N–C) groups is 1. The van der Waals surface area contributed by atoms with Crippen LogP contribution in [0.15, 0.2) is 4.99 Å². The normalized spacial score (nSPS) is 14.6. The van der Waals surface area contributed by atoms with Crippen LogP contribution in [0.1, 0.15) is 6.92 Å². The van der Waals surface area contributed by atoms with Crippen molar-refractivity contribution in [3.63, 3.8) is 0 Å². The molecule has 8 heteroatoms. The number of carbonyl (C=O) groups excluding carboxylic acids is 2. The number of rotatable bonds is 6. The zero-order valence-corrected chi connectivity index (χ0v) is 10.3. The predicted octanol–water partition coefficient (Wildman–Crippen LogP) is 1.49. The van der Waals surface area contributed by atoms with E-state index in [2.05, 4.69) is 19.2 Å². The van der Waals surface area contributed by atoms with Crippen molar-refractivity contribution in [2.24, 2.45) is 16.8 Å². The average molecular weight is 267 g/mol. The van der Waals surface area contributed by atoms with Gasteiger partial charge in [0.25, 0.3) is 0 Å². The monoisotopic (exact) mass is 267 g/mol. The van der Waals surface area contributed by atoms with Crippen molar-refractivity contribution in [2.75, 3.05) is 20.8 Å². The molecule has 0 rings (SSSR count). The van der Waals surface area contributed by atoms with E-state index in [9.17, 15) is 18.4 Å². The average Bonchev–Trinajstić information content (AvgIpc) is 2.35. The van der Waals surface area contributed by atoms with E-state index in [1.807, 2.05) is 0 Å². The molecule has 2 atom stereocenters. The van der Waals surface area contributed by atoms with Crippen LogP contribution in [0, 0.1) is 11.8 Å². The molecule has 0 saturated carbocycles. The Balaban J connectivity index is 4.62. The van der Waals surface area contributed by atoms with Crippen LogP contribution in [0.25, 0.3) is 0 Å². The van der Waals surface area contributed by atoms with Crippen LogP contribution in [0.4, 0.5) is 13.6 Å². The topological polar surface area (TPSA) is 74.2 Å². The van der Waals surface area contributed by atoms with Gasteiger partial charge in [-0.05, 0) is 5.92 Å². The third-order valence-corrected chi connectivity index (χ3v) is 2.09. The first-order valence-corrected chi connectivity index (χ1v) is 5.02. The van der Waals surface area contributed by atoms with Crippen LogP contribution in [0.3, 0.4) is 0 Å². The summed E-state index contributed by atoms with van der Waals surface area (Å²) in [5.41, 5.74) is 0. The molecule has 1 amide bonds. The summed E-state index contributed by atoms with van der Waals surface area (Å²) in [4.78, 5) is 25.5. The van der Waals surface area contributed by atoms with Gasteiger partial charge in [-0.3, -0.25) is 4.79 Å². The van der Waals surface area contributed by atoms with Crippen molar-refractivity contribution in [1.29, 1.82) is 0 Å². The quantitative estimate of drug-likeness (QED) is 0.538. The van der Waals surface area contributed by atoms with Crippen molar-refractivity contribution in [2.45, 2.75) is 13.5 Å². The van der Waals surface area contributed by atoms with Gasteiger partial charge in [-0.15, -0.1) is 0 Å². The predicted molar refractivity (Wildman–Crippen MR) is 57.5 cm³/mol. The Labute approximate surface area is 103 Å². The minimum absolute atomic E-state index is 0.370. The molecule has 18 heavy (non-hydrogen) atoms. The summed E-state index contributed by atoms with van der Waals surface area (Å²) in [7, 11) is 2.26. The van der Waals surface area contributed by atoms with E-state index in [1.165, 1.54) is 6.92 Å². The van der Waals surface area contributed by atoms with Gasteiger partial charge in [0.15, 0.2) is 0 Å². The Hall–Kier alpha value is -1.57. The number of methoxy groups -OCH3 is 2. The molecule has 104 valence electrons. The van der Waals surface area contributed by atoms with Gasteiger partial charge in [0.1, 0.15) is 0 Å². The molecule has 0 aromatic heterocycles. The van der Waals surface area contributed by atoms with E-state index in [1.54, 1.807) is 0 Å². The second-order valence-corrected chi connectivity index (χ2v) is 3.37. The highest BCUT2D eigenvalue weighted by Crippen LogP contribution is 2.13. The van der Waals surface area contributed by atoms with E-state index in [0.717, 1.165) is 20.4 Å². The summed E-state index contributed by atoms with van der Waals surface area (Å²) in [6.07, 6.45) is 0.0999. The largest absolute Gasteiger partial charge is 0.469 e. The molecule has 0 aliphatic heterocycles.